The lowest BCUT2D eigenvalue weighted by molar-refractivity contribution is 0.0986. The zero-order valence-corrected chi connectivity index (χ0v) is 11.6. The van der Waals surface area contributed by atoms with Crippen molar-refractivity contribution < 1.29 is 14.6 Å². The van der Waals surface area contributed by atoms with Crippen LogP contribution < -0.4 is 4.74 Å². The van der Waals surface area contributed by atoms with Gasteiger partial charge in [0, 0.05) is 6.42 Å². The fraction of sp³-hybridized carbons (Fsp3) is 0.267. The van der Waals surface area contributed by atoms with Gasteiger partial charge in [-0.05, 0) is 42.5 Å². The maximum absolute atomic E-state index is 11.9. The number of ketones is 1. The first-order chi connectivity index (χ1) is 9.20. The van der Waals surface area contributed by atoms with Gasteiger partial charge in [-0.2, -0.15) is 0 Å². The average molecular weight is 276 g/mol. The lowest BCUT2D eigenvalue weighted by atomic mass is 10.1. The number of benzene rings is 1. The Morgan fingerprint density at radius 2 is 2.21 bits per heavy atom. The van der Waals surface area contributed by atoms with E-state index < -0.39 is 0 Å². The number of phenolic OH excluding ortho intramolecular Hbond substituents is 1. The molecule has 3 nitrogen and oxygen atoms in total. The number of ether oxygens (including phenoxy) is 1. The number of carbonyl (C=O) groups excluding carboxylic acids is 1. The Hall–Kier alpha value is -1.81. The van der Waals surface area contributed by atoms with E-state index in [1.807, 2.05) is 30.5 Å². The van der Waals surface area contributed by atoms with Crippen molar-refractivity contribution in [1.82, 2.24) is 0 Å². The summed E-state index contributed by atoms with van der Waals surface area (Å²) in [5.41, 5.74) is 0.992. The predicted molar refractivity (Wildman–Crippen MR) is 76.2 cm³/mol. The third-order valence-corrected chi connectivity index (χ3v) is 3.67. The summed E-state index contributed by atoms with van der Waals surface area (Å²) in [6, 6.07) is 8.94. The molecule has 4 heteroatoms. The molecule has 0 fully saturated rings. The normalized spacial score (nSPS) is 10.4. The van der Waals surface area contributed by atoms with E-state index in [9.17, 15) is 9.90 Å². The summed E-state index contributed by atoms with van der Waals surface area (Å²) in [7, 11) is 0. The zero-order chi connectivity index (χ0) is 13.7. The van der Waals surface area contributed by atoms with Crippen LogP contribution in [0.5, 0.6) is 11.5 Å². The van der Waals surface area contributed by atoms with Crippen molar-refractivity contribution in [2.45, 2.75) is 19.8 Å². The van der Waals surface area contributed by atoms with E-state index in [4.69, 9.17) is 4.74 Å². The van der Waals surface area contributed by atoms with Crippen LogP contribution in [0.2, 0.25) is 0 Å². The number of Topliss-reactive ketones (excluding diaryl/α,β-unsaturated/α-hetero) is 1. The van der Waals surface area contributed by atoms with E-state index in [-0.39, 0.29) is 11.5 Å². The van der Waals surface area contributed by atoms with Crippen LogP contribution >= 0.6 is 11.3 Å². The maximum Gasteiger partial charge on any atom is 0.173 e. The summed E-state index contributed by atoms with van der Waals surface area (Å²) in [6.07, 6.45) is 1.12. The van der Waals surface area contributed by atoms with Gasteiger partial charge in [0.2, 0.25) is 0 Å². The minimum Gasteiger partial charge on any atom is -0.504 e. The SMILES string of the molecule is CCOc1cc(CCC(=O)c2cccs2)ccc1O. The smallest absolute Gasteiger partial charge is 0.173 e. The maximum atomic E-state index is 11.9. The van der Waals surface area contributed by atoms with Crippen molar-refractivity contribution in [3.63, 3.8) is 0 Å². The van der Waals surface area contributed by atoms with Crippen molar-refractivity contribution >= 4 is 17.1 Å². The van der Waals surface area contributed by atoms with Crippen LogP contribution in [-0.4, -0.2) is 17.5 Å². The molecule has 0 saturated heterocycles. The molecule has 0 amide bonds. The standard InChI is InChI=1S/C15H16O3S/c1-2-18-14-10-11(5-7-12(14)16)6-8-13(17)15-4-3-9-19-15/h3-5,7,9-10,16H,2,6,8H2,1H3. The molecule has 19 heavy (non-hydrogen) atoms. The van der Waals surface area contributed by atoms with E-state index in [2.05, 4.69) is 0 Å². The minimum atomic E-state index is 0.134. The van der Waals surface area contributed by atoms with Gasteiger partial charge in [-0.25, -0.2) is 0 Å². The quantitative estimate of drug-likeness (QED) is 0.819. The molecule has 1 aromatic carbocycles. The number of hydrogen-bond acceptors (Lipinski definition) is 4. The summed E-state index contributed by atoms with van der Waals surface area (Å²) in [6.45, 7) is 2.37. The second-order valence-electron chi connectivity index (χ2n) is 4.14. The Kier molecular flexibility index (Phi) is 4.58. The van der Waals surface area contributed by atoms with Gasteiger partial charge in [0.05, 0.1) is 11.5 Å². The second-order valence-corrected chi connectivity index (χ2v) is 5.08. The Labute approximate surface area is 116 Å². The molecule has 0 saturated carbocycles. The van der Waals surface area contributed by atoms with E-state index >= 15 is 0 Å². The van der Waals surface area contributed by atoms with Gasteiger partial charge < -0.3 is 9.84 Å². The van der Waals surface area contributed by atoms with Gasteiger partial charge in [-0.3, -0.25) is 4.79 Å². The highest BCUT2D eigenvalue weighted by atomic mass is 32.1. The molecule has 0 bridgehead atoms. The Morgan fingerprint density at radius 3 is 2.89 bits per heavy atom. The minimum absolute atomic E-state index is 0.134. The van der Waals surface area contributed by atoms with Gasteiger partial charge in [0.1, 0.15) is 0 Å². The van der Waals surface area contributed by atoms with Crippen LogP contribution in [0.25, 0.3) is 0 Å². The predicted octanol–water partition coefficient (Wildman–Crippen LogP) is 3.67. The summed E-state index contributed by atoms with van der Waals surface area (Å²) in [4.78, 5) is 12.7. The molecular weight excluding hydrogens is 260 g/mol. The number of aromatic hydroxyl groups is 1. The van der Waals surface area contributed by atoms with Crippen LogP contribution in [0, 0.1) is 0 Å². The average Bonchev–Trinajstić information content (AvgIpc) is 2.93. The molecule has 1 aromatic heterocycles. The fourth-order valence-electron chi connectivity index (χ4n) is 1.80. The molecule has 0 aliphatic rings. The van der Waals surface area contributed by atoms with Crippen LogP contribution in [-0.2, 0) is 6.42 Å². The molecule has 1 N–H and O–H groups in total. The van der Waals surface area contributed by atoms with Gasteiger partial charge in [0.15, 0.2) is 17.3 Å². The van der Waals surface area contributed by atoms with Crippen molar-refractivity contribution in [2.24, 2.45) is 0 Å². The molecule has 2 aromatic rings. The second kappa shape index (κ2) is 6.38. The fourth-order valence-corrected chi connectivity index (χ4v) is 2.50. The van der Waals surface area contributed by atoms with Crippen molar-refractivity contribution in [3.8, 4) is 11.5 Å². The Bertz CT molecular complexity index is 547. The van der Waals surface area contributed by atoms with Crippen molar-refractivity contribution in [2.75, 3.05) is 6.61 Å². The highest BCUT2D eigenvalue weighted by Crippen LogP contribution is 2.27. The number of rotatable bonds is 6. The molecule has 2 rings (SSSR count). The Balaban J connectivity index is 1.99. The Morgan fingerprint density at radius 1 is 1.37 bits per heavy atom. The van der Waals surface area contributed by atoms with Crippen LogP contribution in [0.1, 0.15) is 28.6 Å². The first-order valence-electron chi connectivity index (χ1n) is 6.22. The molecule has 0 spiro atoms. The summed E-state index contributed by atoms with van der Waals surface area (Å²) in [5, 5.41) is 11.5. The molecule has 0 radical (unpaired) electrons. The number of thiophene rings is 1. The van der Waals surface area contributed by atoms with Gasteiger partial charge >= 0.3 is 0 Å². The van der Waals surface area contributed by atoms with E-state index in [1.54, 1.807) is 12.1 Å². The molecule has 0 unspecified atom stereocenters. The third kappa shape index (κ3) is 3.58. The van der Waals surface area contributed by atoms with Gasteiger partial charge in [0.25, 0.3) is 0 Å². The van der Waals surface area contributed by atoms with Crippen LogP contribution in [0.4, 0.5) is 0 Å². The lowest BCUT2D eigenvalue weighted by Gasteiger charge is -2.08. The van der Waals surface area contributed by atoms with E-state index in [0.29, 0.717) is 25.2 Å². The molecule has 0 atom stereocenters. The number of phenols is 1. The highest BCUT2D eigenvalue weighted by molar-refractivity contribution is 7.12. The van der Waals surface area contributed by atoms with E-state index in [1.165, 1.54) is 11.3 Å². The molecule has 0 aliphatic heterocycles. The van der Waals surface area contributed by atoms with Crippen molar-refractivity contribution in [3.05, 3.63) is 46.2 Å². The molecule has 1 heterocycles. The summed E-state index contributed by atoms with van der Waals surface area (Å²) in [5.74, 6) is 0.764. The van der Waals surface area contributed by atoms with Gasteiger partial charge in [-0.15, -0.1) is 11.3 Å². The highest BCUT2D eigenvalue weighted by Gasteiger charge is 2.08. The largest absolute Gasteiger partial charge is 0.504 e. The molecule has 100 valence electrons. The van der Waals surface area contributed by atoms with Crippen LogP contribution in [0.15, 0.2) is 35.7 Å². The number of hydrogen-bond donors (Lipinski definition) is 1. The molecular formula is C15H16O3S. The first-order valence-corrected chi connectivity index (χ1v) is 7.10. The zero-order valence-electron chi connectivity index (χ0n) is 10.8. The topological polar surface area (TPSA) is 46.5 Å². The first kappa shape index (κ1) is 13.6. The van der Waals surface area contributed by atoms with Crippen molar-refractivity contribution in [1.29, 1.82) is 0 Å². The van der Waals surface area contributed by atoms with E-state index in [0.717, 1.165) is 10.4 Å². The van der Waals surface area contributed by atoms with Crippen LogP contribution in [0.3, 0.4) is 0 Å². The summed E-state index contributed by atoms with van der Waals surface area (Å²) >= 11 is 1.47. The summed E-state index contributed by atoms with van der Waals surface area (Å²) < 4.78 is 5.32. The third-order valence-electron chi connectivity index (χ3n) is 2.76. The number of aryl methyl sites for hydroxylation is 1. The number of carbonyl (C=O) groups is 1. The molecule has 0 aliphatic carbocycles. The lowest BCUT2D eigenvalue weighted by Crippen LogP contribution is -1.99. The monoisotopic (exact) mass is 276 g/mol. The van der Waals surface area contributed by atoms with Gasteiger partial charge in [-0.1, -0.05) is 12.1 Å².